The molecule has 0 unspecified atom stereocenters. The molecule has 0 atom stereocenters. The number of nitriles is 1. The fraction of sp³-hybridized carbons (Fsp3) is 0.125. The van der Waals surface area contributed by atoms with Crippen LogP contribution in [-0.2, 0) is 4.79 Å². The highest BCUT2D eigenvalue weighted by Gasteiger charge is 2.09. The first-order valence-corrected chi connectivity index (χ1v) is 7.45. The number of amides is 1. The number of ether oxygens (including phenoxy) is 1. The fourth-order valence-electron chi connectivity index (χ4n) is 1.70. The summed E-state index contributed by atoms with van der Waals surface area (Å²) in [5.41, 5.74) is 0.602. The standard InChI is InChI=1S/C16H13FN2O2S/c17-12-5-1-3-7-14(12)21-11-16(20)19-13-6-2-4-8-15(13)22-10-9-18/h1-8H,10-11H2,(H,19,20). The molecule has 1 amide bonds. The van der Waals surface area contributed by atoms with Crippen LogP contribution < -0.4 is 10.1 Å². The van der Waals surface area contributed by atoms with E-state index in [0.717, 1.165) is 4.90 Å². The Balaban J connectivity index is 1.95. The zero-order chi connectivity index (χ0) is 15.8. The van der Waals surface area contributed by atoms with Gasteiger partial charge in [0, 0.05) is 4.90 Å². The van der Waals surface area contributed by atoms with Gasteiger partial charge < -0.3 is 10.1 Å². The van der Waals surface area contributed by atoms with Gasteiger partial charge in [0.15, 0.2) is 18.2 Å². The summed E-state index contributed by atoms with van der Waals surface area (Å²) in [5, 5.41) is 11.3. The van der Waals surface area contributed by atoms with E-state index in [1.165, 1.54) is 23.9 Å². The molecule has 0 aliphatic heterocycles. The lowest BCUT2D eigenvalue weighted by Gasteiger charge is -2.10. The van der Waals surface area contributed by atoms with Crippen molar-refractivity contribution in [2.24, 2.45) is 0 Å². The van der Waals surface area contributed by atoms with Crippen molar-refractivity contribution < 1.29 is 13.9 Å². The Morgan fingerprint density at radius 3 is 2.73 bits per heavy atom. The predicted octanol–water partition coefficient (Wildman–Crippen LogP) is 3.46. The molecule has 2 rings (SSSR count). The molecule has 0 radical (unpaired) electrons. The summed E-state index contributed by atoms with van der Waals surface area (Å²) in [6.07, 6.45) is 0. The van der Waals surface area contributed by atoms with Gasteiger partial charge in [-0.2, -0.15) is 5.26 Å². The second kappa shape index (κ2) is 8.05. The Hall–Kier alpha value is -2.52. The summed E-state index contributed by atoms with van der Waals surface area (Å²) in [4.78, 5) is 12.7. The van der Waals surface area contributed by atoms with Gasteiger partial charge in [0.25, 0.3) is 5.91 Å². The summed E-state index contributed by atoms with van der Waals surface area (Å²) >= 11 is 1.33. The van der Waals surface area contributed by atoms with Gasteiger partial charge in [-0.15, -0.1) is 11.8 Å². The molecule has 2 aromatic rings. The van der Waals surface area contributed by atoms with Crippen LogP contribution in [0.15, 0.2) is 53.4 Å². The highest BCUT2D eigenvalue weighted by molar-refractivity contribution is 7.99. The number of benzene rings is 2. The van der Waals surface area contributed by atoms with Crippen LogP contribution in [0, 0.1) is 17.1 Å². The molecule has 0 bridgehead atoms. The summed E-state index contributed by atoms with van der Waals surface area (Å²) in [7, 11) is 0. The van der Waals surface area contributed by atoms with Crippen LogP contribution >= 0.6 is 11.8 Å². The molecule has 0 fully saturated rings. The lowest BCUT2D eigenvalue weighted by molar-refractivity contribution is -0.118. The Morgan fingerprint density at radius 1 is 1.23 bits per heavy atom. The van der Waals surface area contributed by atoms with Crippen LogP contribution in [0.5, 0.6) is 5.75 Å². The minimum Gasteiger partial charge on any atom is -0.481 e. The second-order valence-corrected chi connectivity index (χ2v) is 5.23. The number of anilines is 1. The van der Waals surface area contributed by atoms with Crippen molar-refractivity contribution in [3.05, 3.63) is 54.3 Å². The lowest BCUT2D eigenvalue weighted by Crippen LogP contribution is -2.20. The zero-order valence-electron chi connectivity index (χ0n) is 11.6. The van der Waals surface area contributed by atoms with Crippen LogP contribution in [0.25, 0.3) is 0 Å². The van der Waals surface area contributed by atoms with Gasteiger partial charge in [0.2, 0.25) is 0 Å². The smallest absolute Gasteiger partial charge is 0.262 e. The van der Waals surface area contributed by atoms with E-state index >= 15 is 0 Å². The topological polar surface area (TPSA) is 62.1 Å². The highest BCUT2D eigenvalue weighted by Crippen LogP contribution is 2.26. The summed E-state index contributed by atoms with van der Waals surface area (Å²) in [6, 6.07) is 15.1. The molecular weight excluding hydrogens is 303 g/mol. The molecule has 1 N–H and O–H groups in total. The molecule has 0 aromatic heterocycles. The first-order chi connectivity index (χ1) is 10.7. The summed E-state index contributed by atoms with van der Waals surface area (Å²) in [6.45, 7) is -0.293. The number of halogens is 1. The van der Waals surface area contributed by atoms with Gasteiger partial charge in [-0.3, -0.25) is 4.79 Å². The third-order valence-electron chi connectivity index (χ3n) is 2.65. The number of para-hydroxylation sites is 2. The maximum absolute atomic E-state index is 13.4. The normalized spacial score (nSPS) is 9.82. The summed E-state index contributed by atoms with van der Waals surface area (Å²) in [5.74, 6) is -0.586. The Morgan fingerprint density at radius 2 is 1.95 bits per heavy atom. The van der Waals surface area contributed by atoms with Crippen molar-refractivity contribution in [2.75, 3.05) is 17.7 Å². The van der Waals surface area contributed by atoms with Gasteiger partial charge in [0.05, 0.1) is 17.5 Å². The van der Waals surface area contributed by atoms with Crippen molar-refractivity contribution in [3.8, 4) is 11.8 Å². The number of rotatable bonds is 6. The third kappa shape index (κ3) is 4.50. The van der Waals surface area contributed by atoms with Crippen molar-refractivity contribution in [3.63, 3.8) is 0 Å². The third-order valence-corrected chi connectivity index (χ3v) is 3.59. The molecule has 6 heteroatoms. The van der Waals surface area contributed by atoms with Crippen LogP contribution in [-0.4, -0.2) is 18.3 Å². The van der Waals surface area contributed by atoms with Crippen LogP contribution in [0.2, 0.25) is 0 Å². The van der Waals surface area contributed by atoms with E-state index in [1.807, 2.05) is 18.2 Å². The molecule has 0 aliphatic carbocycles. The number of hydrogen-bond donors (Lipinski definition) is 1. The van der Waals surface area contributed by atoms with Gasteiger partial charge in [0.1, 0.15) is 0 Å². The molecule has 0 heterocycles. The van der Waals surface area contributed by atoms with E-state index in [0.29, 0.717) is 11.4 Å². The molecule has 0 saturated heterocycles. The quantitative estimate of drug-likeness (QED) is 0.829. The average molecular weight is 316 g/mol. The fourth-order valence-corrected chi connectivity index (χ4v) is 2.37. The van der Waals surface area contributed by atoms with Gasteiger partial charge in [-0.05, 0) is 24.3 Å². The number of nitrogens with zero attached hydrogens (tertiary/aromatic N) is 1. The van der Waals surface area contributed by atoms with Gasteiger partial charge in [-0.25, -0.2) is 4.39 Å². The average Bonchev–Trinajstić information content (AvgIpc) is 2.53. The molecular formula is C16H13FN2O2S. The minimum atomic E-state index is -0.514. The van der Waals surface area contributed by atoms with Crippen LogP contribution in [0.1, 0.15) is 0 Å². The Labute approximate surface area is 131 Å². The first-order valence-electron chi connectivity index (χ1n) is 6.46. The maximum atomic E-state index is 13.4. The highest BCUT2D eigenvalue weighted by atomic mass is 32.2. The second-order valence-electron chi connectivity index (χ2n) is 4.21. The number of carbonyl (C=O) groups excluding carboxylic acids is 1. The van der Waals surface area contributed by atoms with Gasteiger partial charge >= 0.3 is 0 Å². The minimum absolute atomic E-state index is 0.0322. The van der Waals surface area contributed by atoms with E-state index in [1.54, 1.807) is 24.3 Å². The van der Waals surface area contributed by atoms with E-state index < -0.39 is 11.7 Å². The van der Waals surface area contributed by atoms with E-state index in [9.17, 15) is 9.18 Å². The first kappa shape index (κ1) is 15.9. The molecule has 22 heavy (non-hydrogen) atoms. The van der Waals surface area contributed by atoms with Crippen molar-refractivity contribution in [1.29, 1.82) is 5.26 Å². The molecule has 112 valence electrons. The van der Waals surface area contributed by atoms with Crippen molar-refractivity contribution >= 4 is 23.4 Å². The molecule has 0 aliphatic rings. The molecule has 0 saturated carbocycles. The van der Waals surface area contributed by atoms with Crippen molar-refractivity contribution in [1.82, 2.24) is 0 Å². The number of hydrogen-bond acceptors (Lipinski definition) is 4. The Kier molecular flexibility index (Phi) is 5.81. The number of thioether (sulfide) groups is 1. The van der Waals surface area contributed by atoms with Gasteiger partial charge in [-0.1, -0.05) is 24.3 Å². The molecule has 2 aromatic carbocycles. The lowest BCUT2D eigenvalue weighted by atomic mass is 10.3. The number of carbonyl (C=O) groups is 1. The number of nitrogens with one attached hydrogen (secondary N) is 1. The van der Waals surface area contributed by atoms with Crippen LogP contribution in [0.3, 0.4) is 0 Å². The molecule has 4 nitrogen and oxygen atoms in total. The maximum Gasteiger partial charge on any atom is 0.262 e. The SMILES string of the molecule is N#CCSc1ccccc1NC(=O)COc1ccccc1F. The predicted molar refractivity (Wildman–Crippen MR) is 83.3 cm³/mol. The monoisotopic (exact) mass is 316 g/mol. The van der Waals surface area contributed by atoms with Crippen LogP contribution in [0.4, 0.5) is 10.1 Å². The molecule has 0 spiro atoms. The van der Waals surface area contributed by atoms with E-state index in [-0.39, 0.29) is 12.4 Å². The Bertz CT molecular complexity index is 701. The summed E-state index contributed by atoms with van der Waals surface area (Å²) < 4.78 is 18.5. The van der Waals surface area contributed by atoms with E-state index in [4.69, 9.17) is 10.00 Å². The van der Waals surface area contributed by atoms with Crippen molar-refractivity contribution in [2.45, 2.75) is 4.90 Å². The van der Waals surface area contributed by atoms with E-state index in [2.05, 4.69) is 5.32 Å². The zero-order valence-corrected chi connectivity index (χ0v) is 12.4. The largest absolute Gasteiger partial charge is 0.481 e.